The molecule has 1 aromatic heterocycles. The summed E-state index contributed by atoms with van der Waals surface area (Å²) in [6, 6.07) is 10.6. The lowest BCUT2D eigenvalue weighted by Crippen LogP contribution is -2.45. The second-order valence-corrected chi connectivity index (χ2v) is 8.60. The number of benzene rings is 2. The van der Waals surface area contributed by atoms with Gasteiger partial charge in [0.25, 0.3) is 0 Å². The quantitative estimate of drug-likeness (QED) is 0.567. The molecule has 0 spiro atoms. The first kappa shape index (κ1) is 21.9. The van der Waals surface area contributed by atoms with Crippen molar-refractivity contribution in [2.75, 3.05) is 16.8 Å². The van der Waals surface area contributed by atoms with Crippen LogP contribution in [0.2, 0.25) is 0 Å². The van der Waals surface area contributed by atoms with E-state index < -0.39 is 28.8 Å². The number of alkyl halides is 3. The summed E-state index contributed by atoms with van der Waals surface area (Å²) in [5, 5.41) is 9.03. The second-order valence-electron chi connectivity index (χ2n) is 7.29. The lowest BCUT2D eigenvalue weighted by molar-refractivity contribution is -0.137. The number of carbonyl (C=O) groups excluding carboxylic acids is 2. The third kappa shape index (κ3) is 4.47. The van der Waals surface area contributed by atoms with Gasteiger partial charge in [-0.3, -0.25) is 19.6 Å². The van der Waals surface area contributed by atoms with Crippen LogP contribution >= 0.6 is 11.8 Å². The van der Waals surface area contributed by atoms with E-state index in [0.717, 1.165) is 35.0 Å². The average molecular weight is 461 g/mol. The van der Waals surface area contributed by atoms with Crippen molar-refractivity contribution in [2.24, 2.45) is 0 Å². The van der Waals surface area contributed by atoms with E-state index in [-0.39, 0.29) is 17.9 Å². The molecule has 0 radical (unpaired) electrons. The number of H-pyrrole nitrogens is 1. The van der Waals surface area contributed by atoms with E-state index in [0.29, 0.717) is 11.0 Å². The highest BCUT2D eigenvalue weighted by atomic mass is 32.2. The molecule has 4 rings (SSSR count). The van der Waals surface area contributed by atoms with E-state index >= 15 is 0 Å². The topological polar surface area (TPSA) is 91.0 Å². The molecule has 1 atom stereocenters. The fraction of sp³-hybridized carbons (Fsp3) is 0.238. The molecule has 0 saturated heterocycles. The highest BCUT2D eigenvalue weighted by molar-refractivity contribution is 8.00. The monoisotopic (exact) mass is 461 g/mol. The van der Waals surface area contributed by atoms with E-state index in [1.807, 2.05) is 31.2 Å². The Kier molecular flexibility index (Phi) is 5.68. The number of amides is 2. The summed E-state index contributed by atoms with van der Waals surface area (Å²) in [6.07, 6.45) is -4.56. The first-order valence-electron chi connectivity index (χ1n) is 9.60. The number of carbonyl (C=O) groups is 2. The predicted molar refractivity (Wildman–Crippen MR) is 114 cm³/mol. The number of aromatic nitrogens is 3. The van der Waals surface area contributed by atoms with Gasteiger partial charge in [0.15, 0.2) is 5.82 Å². The van der Waals surface area contributed by atoms with Crippen LogP contribution in [0, 0.1) is 6.92 Å². The molecule has 0 fully saturated rings. The lowest BCUT2D eigenvalue weighted by atomic mass is 10.1. The van der Waals surface area contributed by atoms with Crippen molar-refractivity contribution < 1.29 is 22.8 Å². The molecule has 2 N–H and O–H groups in total. The number of rotatable bonds is 4. The molecule has 2 heterocycles. The molecule has 0 saturated carbocycles. The molecular weight excluding hydrogens is 443 g/mol. The third-order valence-electron chi connectivity index (χ3n) is 4.88. The van der Waals surface area contributed by atoms with Crippen LogP contribution in [0.3, 0.4) is 0 Å². The maximum Gasteiger partial charge on any atom is 0.416 e. The normalized spacial score (nSPS) is 14.7. The maximum absolute atomic E-state index is 13.0. The molecule has 1 aliphatic rings. The van der Waals surface area contributed by atoms with E-state index in [1.165, 1.54) is 11.0 Å². The van der Waals surface area contributed by atoms with Crippen molar-refractivity contribution in [2.45, 2.75) is 30.4 Å². The van der Waals surface area contributed by atoms with Gasteiger partial charge < -0.3 is 5.32 Å². The zero-order chi connectivity index (χ0) is 23.0. The molecule has 1 aliphatic heterocycles. The molecule has 32 heavy (non-hydrogen) atoms. The zero-order valence-corrected chi connectivity index (χ0v) is 17.8. The summed E-state index contributed by atoms with van der Waals surface area (Å²) < 4.78 is 39.0. The first-order chi connectivity index (χ1) is 15.1. The Morgan fingerprint density at radius 1 is 1.19 bits per heavy atom. The van der Waals surface area contributed by atoms with Crippen LogP contribution in [-0.4, -0.2) is 38.8 Å². The molecule has 3 aromatic rings. The summed E-state index contributed by atoms with van der Waals surface area (Å²) in [7, 11) is 0. The largest absolute Gasteiger partial charge is 0.416 e. The minimum atomic E-state index is -4.56. The van der Waals surface area contributed by atoms with Gasteiger partial charge >= 0.3 is 6.18 Å². The maximum atomic E-state index is 13.0. The van der Waals surface area contributed by atoms with Gasteiger partial charge in [0.05, 0.1) is 22.2 Å². The molecule has 1 unspecified atom stereocenters. The third-order valence-corrected chi connectivity index (χ3v) is 5.82. The first-order valence-corrected chi connectivity index (χ1v) is 10.5. The van der Waals surface area contributed by atoms with Crippen LogP contribution in [-0.2, 0) is 15.8 Å². The Labute approximate surface area is 185 Å². The molecule has 166 valence electrons. The number of halogens is 3. The van der Waals surface area contributed by atoms with E-state index in [1.54, 1.807) is 6.92 Å². The number of anilines is 2. The second kappa shape index (κ2) is 8.30. The Balaban J connectivity index is 1.52. The van der Waals surface area contributed by atoms with Crippen LogP contribution in [0.15, 0.2) is 47.6 Å². The average Bonchev–Trinajstić information content (AvgIpc) is 3.20. The van der Waals surface area contributed by atoms with Crippen molar-refractivity contribution in [3.8, 4) is 11.4 Å². The Bertz CT molecular complexity index is 1180. The van der Waals surface area contributed by atoms with Crippen molar-refractivity contribution in [3.05, 3.63) is 53.6 Å². The summed E-state index contributed by atoms with van der Waals surface area (Å²) in [6.45, 7) is 3.32. The fourth-order valence-electron chi connectivity index (χ4n) is 3.23. The number of hydrogen-bond donors (Lipinski definition) is 2. The molecule has 2 aromatic carbocycles. The van der Waals surface area contributed by atoms with Gasteiger partial charge in [-0.2, -0.15) is 13.2 Å². The van der Waals surface area contributed by atoms with Crippen LogP contribution < -0.4 is 10.2 Å². The van der Waals surface area contributed by atoms with Crippen LogP contribution in [0.1, 0.15) is 18.1 Å². The molecular formula is C21H18F3N5O2S. The number of nitrogens with zero attached hydrogens (tertiary/aromatic N) is 3. The number of thioether (sulfide) groups is 1. The van der Waals surface area contributed by atoms with Crippen molar-refractivity contribution in [1.82, 2.24) is 15.2 Å². The molecule has 11 heteroatoms. The summed E-state index contributed by atoms with van der Waals surface area (Å²) in [5.41, 5.74) is 1.20. The van der Waals surface area contributed by atoms with E-state index in [2.05, 4.69) is 20.5 Å². The van der Waals surface area contributed by atoms with Crippen molar-refractivity contribution in [1.29, 1.82) is 0 Å². The van der Waals surface area contributed by atoms with Crippen molar-refractivity contribution >= 4 is 35.0 Å². The van der Waals surface area contributed by atoms with Gasteiger partial charge in [0.1, 0.15) is 6.54 Å². The van der Waals surface area contributed by atoms with Gasteiger partial charge in [-0.05, 0) is 32.0 Å². The number of nitrogens with one attached hydrogen (secondary N) is 2. The Hall–Kier alpha value is -3.34. The smallest absolute Gasteiger partial charge is 0.323 e. The zero-order valence-electron chi connectivity index (χ0n) is 17.0. The number of hydrogen-bond acceptors (Lipinski definition) is 5. The highest BCUT2D eigenvalue weighted by Gasteiger charge is 2.35. The SMILES string of the molecule is Cc1ccc(-c2nc(SC(C)C(=O)N3CC(=O)Nc4cc(C(F)(F)F)ccc43)n[nH]2)cc1. The predicted octanol–water partition coefficient (Wildman–Crippen LogP) is 4.26. The Morgan fingerprint density at radius 3 is 2.59 bits per heavy atom. The number of aryl methyl sites for hydroxylation is 1. The van der Waals surface area contributed by atoms with Gasteiger partial charge in [-0.1, -0.05) is 41.6 Å². The molecule has 0 bridgehead atoms. The summed E-state index contributed by atoms with van der Waals surface area (Å²) >= 11 is 1.09. The van der Waals surface area contributed by atoms with Gasteiger partial charge in [0.2, 0.25) is 17.0 Å². The van der Waals surface area contributed by atoms with E-state index in [9.17, 15) is 22.8 Å². The summed E-state index contributed by atoms with van der Waals surface area (Å²) in [4.78, 5) is 30.7. The van der Waals surface area contributed by atoms with Crippen molar-refractivity contribution in [3.63, 3.8) is 0 Å². The number of aromatic amines is 1. The van der Waals surface area contributed by atoms with Crippen LogP contribution in [0.5, 0.6) is 0 Å². The van der Waals surface area contributed by atoms with Crippen LogP contribution in [0.4, 0.5) is 24.5 Å². The Morgan fingerprint density at radius 2 is 1.91 bits per heavy atom. The highest BCUT2D eigenvalue weighted by Crippen LogP contribution is 2.37. The minimum absolute atomic E-state index is 0.0545. The minimum Gasteiger partial charge on any atom is -0.323 e. The standard InChI is InChI=1S/C21H18F3N5O2S/c1-11-3-5-13(6-4-11)18-26-20(28-27-18)32-12(2)19(31)29-10-17(30)25-15-9-14(21(22,23)24)7-8-16(15)29/h3-9,12H,10H2,1-2H3,(H,25,30)(H,26,27,28). The molecule has 2 amide bonds. The molecule has 7 nitrogen and oxygen atoms in total. The number of fused-ring (bicyclic) bond motifs is 1. The van der Waals surface area contributed by atoms with Gasteiger partial charge in [-0.25, -0.2) is 4.98 Å². The molecule has 0 aliphatic carbocycles. The van der Waals surface area contributed by atoms with E-state index in [4.69, 9.17) is 0 Å². The lowest BCUT2D eigenvalue weighted by Gasteiger charge is -2.31. The van der Waals surface area contributed by atoms with Crippen LogP contribution in [0.25, 0.3) is 11.4 Å². The summed E-state index contributed by atoms with van der Waals surface area (Å²) in [5.74, 6) is -0.455. The fourth-order valence-corrected chi connectivity index (χ4v) is 4.02. The van der Waals surface area contributed by atoms with Gasteiger partial charge in [0, 0.05) is 5.56 Å². The van der Waals surface area contributed by atoms with Gasteiger partial charge in [-0.15, -0.1) is 5.10 Å².